The van der Waals surface area contributed by atoms with E-state index in [0.29, 0.717) is 27.8 Å². The molecular weight excluding hydrogens is 350 g/mol. The van der Waals surface area contributed by atoms with Crippen LogP contribution in [0.25, 0.3) is 0 Å². The van der Waals surface area contributed by atoms with Crippen LogP contribution >= 0.6 is 11.6 Å². The highest BCUT2D eigenvalue weighted by molar-refractivity contribution is 6.31. The fourth-order valence-electron chi connectivity index (χ4n) is 2.71. The van der Waals surface area contributed by atoms with Crippen molar-refractivity contribution in [2.24, 2.45) is 4.99 Å². The highest BCUT2D eigenvalue weighted by atomic mass is 35.5. The van der Waals surface area contributed by atoms with Crippen LogP contribution in [-0.2, 0) is 9.53 Å². The van der Waals surface area contributed by atoms with E-state index in [9.17, 15) is 4.79 Å². The van der Waals surface area contributed by atoms with Crippen LogP contribution in [0.3, 0.4) is 0 Å². The van der Waals surface area contributed by atoms with Gasteiger partial charge in [-0.15, -0.1) is 0 Å². The number of aliphatic imine (C=N–C) groups is 1. The average molecular weight is 368 g/mol. The fraction of sp³-hybridized carbons (Fsp3) is 0.150. The van der Waals surface area contributed by atoms with Gasteiger partial charge in [0.2, 0.25) is 0 Å². The number of halogens is 1. The Kier molecular flexibility index (Phi) is 5.49. The second kappa shape index (κ2) is 7.97. The number of carbonyl (C=O) groups is 1. The Hall–Kier alpha value is -2.92. The van der Waals surface area contributed by atoms with Crippen molar-refractivity contribution in [3.05, 3.63) is 88.9 Å². The first kappa shape index (κ1) is 17.9. The van der Waals surface area contributed by atoms with Crippen molar-refractivity contribution in [3.8, 4) is 0 Å². The van der Waals surface area contributed by atoms with Gasteiger partial charge in [0, 0.05) is 22.5 Å². The minimum atomic E-state index is -0.584. The summed E-state index contributed by atoms with van der Waals surface area (Å²) in [6.07, 6.45) is 3.22. The maximum Gasteiger partial charge on any atom is 0.338 e. The van der Waals surface area contributed by atoms with E-state index >= 15 is 0 Å². The maximum absolute atomic E-state index is 12.6. The van der Waals surface area contributed by atoms with Crippen LogP contribution in [0.5, 0.6) is 0 Å². The van der Waals surface area contributed by atoms with Gasteiger partial charge in [-0.3, -0.25) is 9.98 Å². The molecule has 1 aromatic heterocycles. The molecule has 2 aromatic rings. The number of nitrogens with one attached hydrogen (secondary N) is 1. The molecule has 1 aliphatic heterocycles. The summed E-state index contributed by atoms with van der Waals surface area (Å²) in [5, 5.41) is 3.69. The fourth-order valence-corrected chi connectivity index (χ4v) is 2.95. The first-order valence-electron chi connectivity index (χ1n) is 8.11. The lowest BCUT2D eigenvalue weighted by Crippen LogP contribution is -2.33. The average Bonchev–Trinajstić information content (AvgIpc) is 2.66. The molecule has 0 spiro atoms. The third-order valence-corrected chi connectivity index (χ3v) is 4.25. The Morgan fingerprint density at radius 1 is 1.31 bits per heavy atom. The second-order valence-corrected chi connectivity index (χ2v) is 6.07. The number of hydrogen-bond donors (Lipinski definition) is 1. The molecule has 132 valence electrons. The van der Waals surface area contributed by atoms with E-state index < -0.39 is 12.0 Å². The van der Waals surface area contributed by atoms with E-state index in [1.807, 2.05) is 43.3 Å². The van der Waals surface area contributed by atoms with Gasteiger partial charge in [-0.05, 0) is 25.1 Å². The molecular formula is C20H18ClN3O2. The highest BCUT2D eigenvalue weighted by Crippen LogP contribution is 2.35. The summed E-state index contributed by atoms with van der Waals surface area (Å²) < 4.78 is 5.25. The lowest BCUT2D eigenvalue weighted by molar-refractivity contribution is -0.138. The van der Waals surface area contributed by atoms with E-state index in [-0.39, 0.29) is 6.61 Å². The van der Waals surface area contributed by atoms with E-state index in [2.05, 4.69) is 16.9 Å². The van der Waals surface area contributed by atoms with Crippen LogP contribution in [-0.4, -0.2) is 23.4 Å². The number of allylic oxidation sites excluding steroid dienone is 1. The standard InChI is InChI=1S/C20H18ClN3O2/c1-3-12-26-20(25)17-13(2)23-19(16-10-6-7-11-22-16)24-18(17)14-8-4-5-9-15(14)21/h3-11,18H,1,12H2,2H3,(H,23,24). The van der Waals surface area contributed by atoms with Gasteiger partial charge in [0.25, 0.3) is 0 Å². The van der Waals surface area contributed by atoms with Gasteiger partial charge in [-0.1, -0.05) is 48.5 Å². The maximum atomic E-state index is 12.6. The molecule has 1 unspecified atom stereocenters. The number of nitrogens with zero attached hydrogens (tertiary/aromatic N) is 2. The molecule has 1 aliphatic rings. The Labute approximate surface area is 157 Å². The molecule has 26 heavy (non-hydrogen) atoms. The van der Waals surface area contributed by atoms with Gasteiger partial charge >= 0.3 is 5.97 Å². The molecule has 0 saturated heterocycles. The lowest BCUT2D eigenvalue weighted by atomic mass is 9.95. The summed E-state index contributed by atoms with van der Waals surface area (Å²) in [5.41, 5.74) is 2.48. The molecule has 3 rings (SSSR count). The lowest BCUT2D eigenvalue weighted by Gasteiger charge is -2.26. The SMILES string of the molecule is C=CCOC(=O)C1=C(C)NC(c2ccccn2)=NC1c1ccccc1Cl. The number of hydrogen-bond acceptors (Lipinski definition) is 5. The predicted molar refractivity (Wildman–Crippen MR) is 102 cm³/mol. The van der Waals surface area contributed by atoms with Crippen LogP contribution in [0.4, 0.5) is 0 Å². The largest absolute Gasteiger partial charge is 0.458 e. The van der Waals surface area contributed by atoms with Gasteiger partial charge in [-0.25, -0.2) is 4.79 Å². The van der Waals surface area contributed by atoms with Crippen LogP contribution < -0.4 is 5.32 Å². The molecule has 0 bridgehead atoms. The first-order chi connectivity index (χ1) is 12.6. The van der Waals surface area contributed by atoms with Crippen LogP contribution in [0.15, 0.2) is 77.6 Å². The van der Waals surface area contributed by atoms with Crippen LogP contribution in [0.2, 0.25) is 5.02 Å². The van der Waals surface area contributed by atoms with Gasteiger partial charge in [0.1, 0.15) is 18.3 Å². The summed E-state index contributed by atoms with van der Waals surface area (Å²) in [6.45, 7) is 5.51. The molecule has 1 atom stereocenters. The van der Waals surface area contributed by atoms with Crippen LogP contribution in [0, 0.1) is 0 Å². The summed E-state index contributed by atoms with van der Waals surface area (Å²) in [7, 11) is 0. The van der Waals surface area contributed by atoms with Crippen LogP contribution in [0.1, 0.15) is 24.2 Å². The third kappa shape index (κ3) is 3.68. The van der Waals surface area contributed by atoms with Crippen molar-refractivity contribution in [2.45, 2.75) is 13.0 Å². The van der Waals surface area contributed by atoms with Crippen molar-refractivity contribution in [2.75, 3.05) is 6.61 Å². The predicted octanol–water partition coefficient (Wildman–Crippen LogP) is 3.83. The number of pyridine rings is 1. The molecule has 0 aliphatic carbocycles. The summed E-state index contributed by atoms with van der Waals surface area (Å²) in [6, 6.07) is 12.3. The van der Waals surface area contributed by atoms with Gasteiger partial charge in [0.05, 0.1) is 5.57 Å². The molecule has 1 N–H and O–H groups in total. The highest BCUT2D eigenvalue weighted by Gasteiger charge is 2.32. The molecule has 6 heteroatoms. The van der Waals surface area contributed by atoms with E-state index in [4.69, 9.17) is 21.3 Å². The number of amidine groups is 1. The van der Waals surface area contributed by atoms with E-state index in [0.717, 1.165) is 5.56 Å². The molecule has 5 nitrogen and oxygen atoms in total. The summed E-state index contributed by atoms with van der Waals surface area (Å²) in [5.74, 6) is 0.122. The topological polar surface area (TPSA) is 63.6 Å². The number of rotatable bonds is 5. The Bertz CT molecular complexity index is 891. The van der Waals surface area contributed by atoms with E-state index in [1.165, 1.54) is 6.08 Å². The number of esters is 1. The smallest absolute Gasteiger partial charge is 0.338 e. The Morgan fingerprint density at radius 3 is 2.77 bits per heavy atom. The molecule has 0 radical (unpaired) electrons. The quantitative estimate of drug-likeness (QED) is 0.644. The molecule has 0 saturated carbocycles. The molecule has 0 fully saturated rings. The molecule has 0 amide bonds. The number of ether oxygens (including phenoxy) is 1. The first-order valence-corrected chi connectivity index (χ1v) is 8.49. The molecule has 1 aromatic carbocycles. The van der Waals surface area contributed by atoms with Gasteiger partial charge in [-0.2, -0.15) is 0 Å². The minimum absolute atomic E-state index is 0.127. The number of carbonyl (C=O) groups excluding carboxylic acids is 1. The Balaban J connectivity index is 2.08. The monoisotopic (exact) mass is 367 g/mol. The van der Waals surface area contributed by atoms with E-state index in [1.54, 1.807) is 12.3 Å². The van der Waals surface area contributed by atoms with Gasteiger partial charge < -0.3 is 10.1 Å². The number of aromatic nitrogens is 1. The zero-order valence-corrected chi connectivity index (χ0v) is 15.0. The summed E-state index contributed by atoms with van der Waals surface area (Å²) >= 11 is 6.38. The minimum Gasteiger partial charge on any atom is -0.458 e. The second-order valence-electron chi connectivity index (χ2n) is 5.67. The van der Waals surface area contributed by atoms with Crippen molar-refractivity contribution >= 4 is 23.4 Å². The summed E-state index contributed by atoms with van der Waals surface area (Å²) in [4.78, 5) is 21.7. The van der Waals surface area contributed by atoms with Gasteiger partial charge in [0.15, 0.2) is 5.84 Å². The van der Waals surface area contributed by atoms with Crippen molar-refractivity contribution in [3.63, 3.8) is 0 Å². The van der Waals surface area contributed by atoms with Crippen molar-refractivity contribution in [1.29, 1.82) is 0 Å². The van der Waals surface area contributed by atoms with Crippen molar-refractivity contribution < 1.29 is 9.53 Å². The van der Waals surface area contributed by atoms with Crippen molar-refractivity contribution in [1.82, 2.24) is 10.3 Å². The zero-order valence-electron chi connectivity index (χ0n) is 14.3. The number of benzene rings is 1. The normalized spacial score (nSPS) is 16.5. The third-order valence-electron chi connectivity index (χ3n) is 3.90. The molecule has 2 heterocycles. The Morgan fingerprint density at radius 2 is 2.08 bits per heavy atom. The zero-order chi connectivity index (χ0) is 18.5.